The smallest absolute Gasteiger partial charge is 0.338 e. The maximum absolute atomic E-state index is 10.8. The van der Waals surface area contributed by atoms with Crippen LogP contribution in [0.4, 0.5) is 0 Å². The van der Waals surface area contributed by atoms with E-state index in [9.17, 15) is 4.79 Å². The van der Waals surface area contributed by atoms with Crippen LogP contribution in [0.15, 0.2) is 0 Å². The van der Waals surface area contributed by atoms with Gasteiger partial charge in [0.2, 0.25) is 0 Å². The van der Waals surface area contributed by atoms with Gasteiger partial charge in [-0.15, -0.1) is 0 Å². The predicted molar refractivity (Wildman–Crippen MR) is 68.2 cm³/mol. The zero-order valence-electron chi connectivity index (χ0n) is 11.0. The Bertz CT molecular complexity index is 222. The fourth-order valence-corrected chi connectivity index (χ4v) is 2.18. The molecule has 1 aliphatic rings. The van der Waals surface area contributed by atoms with Crippen molar-refractivity contribution in [2.75, 3.05) is 6.61 Å². The summed E-state index contributed by atoms with van der Waals surface area (Å²) in [5, 5.41) is 8.90. The molecule has 0 aromatic rings. The third-order valence-corrected chi connectivity index (χ3v) is 3.57. The number of carbonyl (C=O) groups is 1. The number of hydrogen-bond acceptors (Lipinski definition) is 2. The van der Waals surface area contributed by atoms with E-state index in [0.717, 1.165) is 12.8 Å². The van der Waals surface area contributed by atoms with E-state index in [2.05, 4.69) is 6.92 Å². The van der Waals surface area contributed by atoms with E-state index >= 15 is 0 Å². The first kappa shape index (κ1) is 14.5. The van der Waals surface area contributed by atoms with Gasteiger partial charge < -0.3 is 9.84 Å². The Morgan fingerprint density at radius 2 is 1.53 bits per heavy atom. The van der Waals surface area contributed by atoms with Crippen LogP contribution in [0.2, 0.25) is 0 Å². The zero-order valence-corrected chi connectivity index (χ0v) is 11.0. The van der Waals surface area contributed by atoms with Crippen molar-refractivity contribution >= 4 is 5.97 Å². The summed E-state index contributed by atoms with van der Waals surface area (Å²) in [7, 11) is 0. The highest BCUT2D eigenvalue weighted by molar-refractivity contribution is 5.80. The van der Waals surface area contributed by atoms with E-state index in [1.165, 1.54) is 44.9 Å². The number of hydrogen-bond donors (Lipinski definition) is 1. The Morgan fingerprint density at radius 3 is 1.94 bits per heavy atom. The molecule has 0 radical (unpaired) electrons. The average Bonchev–Trinajstić information content (AvgIpc) is 3.08. The minimum atomic E-state index is -0.791. The Labute approximate surface area is 105 Å². The first-order valence-corrected chi connectivity index (χ1v) is 7.08. The predicted octanol–water partition coefficient (Wildman–Crippen LogP) is 3.76. The van der Waals surface area contributed by atoms with E-state index in [-0.39, 0.29) is 0 Å². The first-order valence-electron chi connectivity index (χ1n) is 7.08. The number of carboxylic acid groups (broad SMARTS) is 1. The largest absolute Gasteiger partial charge is 0.479 e. The van der Waals surface area contributed by atoms with Gasteiger partial charge in [0.05, 0.1) is 6.61 Å². The molecule has 0 aromatic carbocycles. The van der Waals surface area contributed by atoms with Crippen LogP contribution in [-0.4, -0.2) is 23.3 Å². The number of unbranched alkanes of at least 4 members (excludes halogenated alkanes) is 8. The van der Waals surface area contributed by atoms with Crippen LogP contribution in [0.1, 0.15) is 71.1 Å². The molecule has 0 aromatic heterocycles. The summed E-state index contributed by atoms with van der Waals surface area (Å²) in [5.74, 6) is -0.780. The van der Waals surface area contributed by atoms with E-state index in [0.29, 0.717) is 13.0 Å². The molecule has 0 spiro atoms. The van der Waals surface area contributed by atoms with Crippen molar-refractivity contribution in [3.8, 4) is 0 Å². The van der Waals surface area contributed by atoms with Crippen molar-refractivity contribution in [1.82, 2.24) is 0 Å². The normalized spacial score (nSPS) is 22.6. The molecule has 1 N–H and O–H groups in total. The topological polar surface area (TPSA) is 49.8 Å². The van der Waals surface area contributed by atoms with Gasteiger partial charge in [0, 0.05) is 0 Å². The standard InChI is InChI=1S/C14H26O3/c1-2-3-4-5-6-7-8-9-10-11-14(12-17-14)13(15)16/h2-12H2,1H3,(H,15,16). The third-order valence-electron chi connectivity index (χ3n) is 3.57. The Kier molecular flexibility index (Phi) is 6.56. The van der Waals surface area contributed by atoms with Gasteiger partial charge in [-0.2, -0.15) is 0 Å². The lowest BCUT2D eigenvalue weighted by atomic mass is 10.0. The van der Waals surface area contributed by atoms with Gasteiger partial charge in [-0.25, -0.2) is 4.79 Å². The van der Waals surface area contributed by atoms with Gasteiger partial charge in [0.25, 0.3) is 0 Å². The molecule has 1 aliphatic heterocycles. The highest BCUT2D eigenvalue weighted by atomic mass is 16.6. The summed E-state index contributed by atoms with van der Waals surface area (Å²) >= 11 is 0. The number of rotatable bonds is 11. The molecule has 1 unspecified atom stereocenters. The SMILES string of the molecule is CCCCCCCCCCCC1(C(=O)O)CO1. The maximum atomic E-state index is 10.8. The molecular weight excluding hydrogens is 216 g/mol. The van der Waals surface area contributed by atoms with Gasteiger partial charge >= 0.3 is 5.97 Å². The van der Waals surface area contributed by atoms with Crippen molar-refractivity contribution in [1.29, 1.82) is 0 Å². The fraction of sp³-hybridized carbons (Fsp3) is 0.929. The van der Waals surface area contributed by atoms with Crippen LogP contribution in [0.25, 0.3) is 0 Å². The molecule has 1 atom stereocenters. The second-order valence-corrected chi connectivity index (χ2v) is 5.17. The van der Waals surface area contributed by atoms with Crippen LogP contribution in [-0.2, 0) is 9.53 Å². The van der Waals surface area contributed by atoms with E-state index in [1.807, 2.05) is 0 Å². The molecule has 100 valence electrons. The minimum absolute atomic E-state index is 0.416. The first-order chi connectivity index (χ1) is 8.21. The van der Waals surface area contributed by atoms with E-state index in [1.54, 1.807) is 0 Å². The number of carboxylic acids is 1. The lowest BCUT2D eigenvalue weighted by Gasteiger charge is -2.05. The lowest BCUT2D eigenvalue weighted by molar-refractivity contribution is -0.143. The summed E-state index contributed by atoms with van der Waals surface area (Å²) < 4.78 is 5.03. The van der Waals surface area contributed by atoms with Crippen LogP contribution in [0.5, 0.6) is 0 Å². The molecule has 0 aliphatic carbocycles. The van der Waals surface area contributed by atoms with Crippen molar-refractivity contribution in [2.45, 2.75) is 76.7 Å². The van der Waals surface area contributed by atoms with E-state index < -0.39 is 11.6 Å². The Morgan fingerprint density at radius 1 is 1.06 bits per heavy atom. The summed E-state index contributed by atoms with van der Waals surface area (Å²) in [6, 6.07) is 0. The van der Waals surface area contributed by atoms with Gasteiger partial charge in [0.1, 0.15) is 0 Å². The zero-order chi connectivity index (χ0) is 12.6. The molecule has 0 amide bonds. The van der Waals surface area contributed by atoms with Gasteiger partial charge in [-0.1, -0.05) is 58.3 Å². The average molecular weight is 242 g/mol. The van der Waals surface area contributed by atoms with Crippen LogP contribution >= 0.6 is 0 Å². The van der Waals surface area contributed by atoms with Crippen LogP contribution < -0.4 is 0 Å². The molecule has 1 rings (SSSR count). The number of epoxide rings is 1. The fourth-order valence-electron chi connectivity index (χ4n) is 2.18. The molecule has 0 bridgehead atoms. The van der Waals surface area contributed by atoms with Crippen molar-refractivity contribution < 1.29 is 14.6 Å². The minimum Gasteiger partial charge on any atom is -0.479 e. The Balaban J connectivity index is 1.83. The summed E-state index contributed by atoms with van der Waals surface area (Å²) in [4.78, 5) is 10.8. The van der Waals surface area contributed by atoms with E-state index in [4.69, 9.17) is 9.84 Å². The second kappa shape index (κ2) is 7.70. The van der Waals surface area contributed by atoms with Crippen LogP contribution in [0, 0.1) is 0 Å². The second-order valence-electron chi connectivity index (χ2n) is 5.17. The molecule has 0 saturated carbocycles. The van der Waals surface area contributed by atoms with Crippen LogP contribution in [0.3, 0.4) is 0 Å². The van der Waals surface area contributed by atoms with Gasteiger partial charge in [-0.05, 0) is 12.8 Å². The van der Waals surface area contributed by atoms with Crippen molar-refractivity contribution in [3.05, 3.63) is 0 Å². The molecule has 3 heteroatoms. The maximum Gasteiger partial charge on any atom is 0.338 e. The highest BCUT2D eigenvalue weighted by Gasteiger charge is 2.51. The van der Waals surface area contributed by atoms with Crippen molar-refractivity contribution in [2.24, 2.45) is 0 Å². The molecular formula is C14H26O3. The highest BCUT2D eigenvalue weighted by Crippen LogP contribution is 2.33. The van der Waals surface area contributed by atoms with Gasteiger partial charge in [0.15, 0.2) is 5.60 Å². The molecule has 1 heterocycles. The monoisotopic (exact) mass is 242 g/mol. The number of ether oxygens (including phenoxy) is 1. The third kappa shape index (κ3) is 5.53. The Hall–Kier alpha value is -0.570. The summed E-state index contributed by atoms with van der Waals surface area (Å²) in [6.45, 7) is 2.65. The lowest BCUT2D eigenvalue weighted by Crippen LogP contribution is -2.23. The number of aliphatic carboxylic acids is 1. The molecule has 3 nitrogen and oxygen atoms in total. The molecule has 1 saturated heterocycles. The molecule has 1 fully saturated rings. The van der Waals surface area contributed by atoms with Gasteiger partial charge in [-0.3, -0.25) is 0 Å². The summed E-state index contributed by atoms with van der Waals surface area (Å²) in [5.41, 5.74) is -0.791. The molecule has 17 heavy (non-hydrogen) atoms. The quantitative estimate of drug-likeness (QED) is 0.443. The summed E-state index contributed by atoms with van der Waals surface area (Å²) in [6.07, 6.45) is 12.1. The van der Waals surface area contributed by atoms with Crippen molar-refractivity contribution in [3.63, 3.8) is 0 Å².